The number of pyridine rings is 1. The van der Waals surface area contributed by atoms with E-state index in [1.807, 2.05) is 0 Å². The first kappa shape index (κ1) is 16.4. The second kappa shape index (κ2) is 6.55. The van der Waals surface area contributed by atoms with Gasteiger partial charge in [0.15, 0.2) is 12.4 Å². The third-order valence-corrected chi connectivity index (χ3v) is 4.60. The molecule has 0 unspecified atom stereocenters. The molecule has 1 amide bonds. The molecule has 1 aromatic heterocycles. The molecule has 24 heavy (non-hydrogen) atoms. The summed E-state index contributed by atoms with van der Waals surface area (Å²) < 4.78 is 27.9. The molecule has 3 rings (SSSR count). The van der Waals surface area contributed by atoms with E-state index >= 15 is 0 Å². The second-order valence-electron chi connectivity index (χ2n) is 6.20. The third kappa shape index (κ3) is 3.22. The van der Waals surface area contributed by atoms with Crippen molar-refractivity contribution in [2.24, 2.45) is 0 Å². The molecule has 6 heteroatoms. The molecule has 1 saturated carbocycles. The average Bonchev–Trinajstić information content (AvgIpc) is 3.03. The summed E-state index contributed by atoms with van der Waals surface area (Å²) in [6.45, 7) is 0.196. The molecule has 0 aliphatic heterocycles. The molecule has 1 aromatic carbocycles. The standard InChI is InChI=1S/C18H18F2N2O2/c19-15-8-14(9-16(20)10-15)18(5-1-2-6-18)17(23)21-11-13-4-3-7-22(24)12-13/h3-4,7-10,12H,1-2,5-6,11H2,(H,21,23). The highest BCUT2D eigenvalue weighted by molar-refractivity contribution is 5.88. The van der Waals surface area contributed by atoms with Crippen LogP contribution in [0.2, 0.25) is 0 Å². The maximum atomic E-state index is 13.6. The molecular formula is C18H18F2N2O2. The smallest absolute Gasteiger partial charge is 0.230 e. The van der Waals surface area contributed by atoms with E-state index in [9.17, 15) is 18.8 Å². The Morgan fingerprint density at radius 2 is 1.88 bits per heavy atom. The number of carbonyl (C=O) groups excluding carboxylic acids is 1. The molecule has 4 nitrogen and oxygen atoms in total. The molecule has 1 heterocycles. The summed E-state index contributed by atoms with van der Waals surface area (Å²) >= 11 is 0. The lowest BCUT2D eigenvalue weighted by Gasteiger charge is -2.28. The Bertz CT molecular complexity index is 738. The van der Waals surface area contributed by atoms with Crippen LogP contribution < -0.4 is 10.0 Å². The molecule has 0 atom stereocenters. The minimum Gasteiger partial charge on any atom is -0.619 e. The molecule has 1 aliphatic rings. The Kier molecular flexibility index (Phi) is 4.46. The predicted octanol–water partition coefficient (Wildman–Crippen LogP) is 2.73. The van der Waals surface area contributed by atoms with Gasteiger partial charge in [-0.25, -0.2) is 8.78 Å². The van der Waals surface area contributed by atoms with Crippen LogP contribution in [-0.2, 0) is 16.8 Å². The number of hydrogen-bond acceptors (Lipinski definition) is 2. The minimum absolute atomic E-state index is 0.196. The van der Waals surface area contributed by atoms with Gasteiger partial charge >= 0.3 is 0 Å². The van der Waals surface area contributed by atoms with E-state index < -0.39 is 17.0 Å². The number of aromatic nitrogens is 1. The zero-order valence-corrected chi connectivity index (χ0v) is 13.1. The average molecular weight is 332 g/mol. The summed E-state index contributed by atoms with van der Waals surface area (Å²) in [7, 11) is 0. The van der Waals surface area contributed by atoms with Crippen molar-refractivity contribution in [1.82, 2.24) is 5.32 Å². The van der Waals surface area contributed by atoms with Crippen LogP contribution in [0.4, 0.5) is 8.78 Å². The third-order valence-electron chi connectivity index (χ3n) is 4.60. The second-order valence-corrected chi connectivity index (χ2v) is 6.20. The van der Waals surface area contributed by atoms with Crippen molar-refractivity contribution >= 4 is 5.91 Å². The first-order chi connectivity index (χ1) is 11.5. The molecular weight excluding hydrogens is 314 g/mol. The van der Waals surface area contributed by atoms with E-state index in [0.29, 0.717) is 28.7 Å². The molecule has 1 N–H and O–H groups in total. The maximum absolute atomic E-state index is 13.6. The number of benzene rings is 1. The lowest BCUT2D eigenvalue weighted by Crippen LogP contribution is -2.42. The fourth-order valence-electron chi connectivity index (χ4n) is 3.41. The summed E-state index contributed by atoms with van der Waals surface area (Å²) in [5, 5.41) is 14.1. The maximum Gasteiger partial charge on any atom is 0.230 e. The Labute approximate surface area is 138 Å². The number of amides is 1. The van der Waals surface area contributed by atoms with E-state index in [4.69, 9.17) is 0 Å². The van der Waals surface area contributed by atoms with Crippen LogP contribution in [0.1, 0.15) is 36.8 Å². The van der Waals surface area contributed by atoms with Crippen molar-refractivity contribution in [2.75, 3.05) is 0 Å². The summed E-state index contributed by atoms with van der Waals surface area (Å²) in [5.41, 5.74) is 0.131. The molecule has 0 bridgehead atoms. The zero-order valence-electron chi connectivity index (χ0n) is 13.1. The van der Waals surface area contributed by atoms with Crippen molar-refractivity contribution in [1.29, 1.82) is 0 Å². The van der Waals surface area contributed by atoms with Crippen LogP contribution in [0, 0.1) is 16.8 Å². The van der Waals surface area contributed by atoms with Gasteiger partial charge in [0.2, 0.25) is 5.91 Å². The van der Waals surface area contributed by atoms with Crippen LogP contribution in [0.15, 0.2) is 42.7 Å². The predicted molar refractivity (Wildman–Crippen MR) is 83.8 cm³/mol. The van der Waals surface area contributed by atoms with Gasteiger partial charge in [-0.1, -0.05) is 12.8 Å². The molecule has 0 spiro atoms. The van der Waals surface area contributed by atoms with Crippen LogP contribution in [-0.4, -0.2) is 5.91 Å². The SMILES string of the molecule is O=C(NCc1ccc[n+]([O-])c1)C1(c2cc(F)cc(F)c2)CCCC1. The highest BCUT2D eigenvalue weighted by Crippen LogP contribution is 2.41. The van der Waals surface area contributed by atoms with Gasteiger partial charge in [-0.2, -0.15) is 4.73 Å². The van der Waals surface area contributed by atoms with Gasteiger partial charge in [-0.3, -0.25) is 4.79 Å². The van der Waals surface area contributed by atoms with Gasteiger partial charge in [0, 0.05) is 24.2 Å². The summed E-state index contributed by atoms with van der Waals surface area (Å²) in [6.07, 6.45) is 5.51. The van der Waals surface area contributed by atoms with Crippen molar-refractivity contribution in [2.45, 2.75) is 37.6 Å². The fourth-order valence-corrected chi connectivity index (χ4v) is 3.41. The van der Waals surface area contributed by atoms with Crippen LogP contribution in [0.5, 0.6) is 0 Å². The summed E-state index contributed by atoms with van der Waals surface area (Å²) in [6, 6.07) is 6.62. The van der Waals surface area contributed by atoms with Crippen molar-refractivity contribution < 1.29 is 18.3 Å². The number of nitrogens with one attached hydrogen (secondary N) is 1. The highest BCUT2D eigenvalue weighted by Gasteiger charge is 2.43. The fraction of sp³-hybridized carbons (Fsp3) is 0.333. The van der Waals surface area contributed by atoms with Crippen molar-refractivity contribution in [3.8, 4) is 0 Å². The summed E-state index contributed by atoms with van der Waals surface area (Å²) in [4.78, 5) is 12.8. The topological polar surface area (TPSA) is 56.0 Å². The molecule has 126 valence electrons. The molecule has 0 saturated heterocycles. The minimum atomic E-state index is -0.912. The van der Waals surface area contributed by atoms with E-state index in [1.165, 1.54) is 24.5 Å². The molecule has 1 fully saturated rings. The highest BCUT2D eigenvalue weighted by atomic mass is 19.1. The van der Waals surface area contributed by atoms with Crippen LogP contribution >= 0.6 is 0 Å². The molecule has 0 radical (unpaired) electrons. The normalized spacial score (nSPS) is 16.1. The quantitative estimate of drug-likeness (QED) is 0.691. The van der Waals surface area contributed by atoms with Gasteiger partial charge in [0.1, 0.15) is 11.6 Å². The Hall–Kier alpha value is -2.50. The zero-order chi connectivity index (χ0) is 17.2. The number of halogens is 2. The number of nitrogens with zero attached hydrogens (tertiary/aromatic N) is 1. The summed E-state index contributed by atoms with van der Waals surface area (Å²) in [5.74, 6) is -1.62. The molecule has 2 aromatic rings. The van der Waals surface area contributed by atoms with E-state index in [0.717, 1.165) is 18.9 Å². The monoisotopic (exact) mass is 332 g/mol. The van der Waals surface area contributed by atoms with Gasteiger partial charge in [-0.05, 0) is 36.6 Å². The van der Waals surface area contributed by atoms with E-state index in [1.54, 1.807) is 12.1 Å². The van der Waals surface area contributed by atoms with Crippen LogP contribution in [0.25, 0.3) is 0 Å². The number of hydrogen-bond donors (Lipinski definition) is 1. The first-order valence-electron chi connectivity index (χ1n) is 7.92. The largest absolute Gasteiger partial charge is 0.619 e. The van der Waals surface area contributed by atoms with E-state index in [-0.39, 0.29) is 12.5 Å². The molecule has 1 aliphatic carbocycles. The van der Waals surface area contributed by atoms with Gasteiger partial charge in [0.05, 0.1) is 5.41 Å². The Morgan fingerprint density at radius 1 is 1.21 bits per heavy atom. The first-order valence-corrected chi connectivity index (χ1v) is 7.92. The van der Waals surface area contributed by atoms with E-state index in [2.05, 4.69) is 5.32 Å². The van der Waals surface area contributed by atoms with Gasteiger partial charge in [-0.15, -0.1) is 0 Å². The Morgan fingerprint density at radius 3 is 2.50 bits per heavy atom. The van der Waals surface area contributed by atoms with Crippen molar-refractivity contribution in [3.63, 3.8) is 0 Å². The van der Waals surface area contributed by atoms with Crippen molar-refractivity contribution in [3.05, 3.63) is 70.7 Å². The number of rotatable bonds is 4. The number of carbonyl (C=O) groups is 1. The van der Waals surface area contributed by atoms with Crippen LogP contribution in [0.3, 0.4) is 0 Å². The van der Waals surface area contributed by atoms with Gasteiger partial charge < -0.3 is 10.5 Å². The van der Waals surface area contributed by atoms with Gasteiger partial charge in [0.25, 0.3) is 0 Å². The Balaban J connectivity index is 1.83. The lowest BCUT2D eigenvalue weighted by molar-refractivity contribution is -0.605. The lowest BCUT2D eigenvalue weighted by atomic mass is 9.78.